The molecule has 0 N–H and O–H groups in total. The van der Waals surface area contributed by atoms with Gasteiger partial charge in [0, 0.05) is 19.5 Å². The average molecular weight is 370 g/mol. The number of ether oxygens (including phenoxy) is 2. The highest BCUT2D eigenvalue weighted by molar-refractivity contribution is 5.75. The molecule has 0 spiro atoms. The molecular weight excluding hydrogens is 338 g/mol. The molecule has 1 aliphatic heterocycles. The molecule has 0 atom stereocenters. The lowest BCUT2D eigenvalue weighted by molar-refractivity contribution is -0.134. The molecule has 2 aromatic carbocycles. The van der Waals surface area contributed by atoms with Gasteiger partial charge in [0.2, 0.25) is 5.91 Å². The number of carbonyl (C=O) groups excluding carboxylic acids is 1. The Bertz CT molecular complexity index is 649. The van der Waals surface area contributed by atoms with E-state index in [0.29, 0.717) is 19.6 Å². The standard InChI is InChI=1S/C16H18O.C7H13NO2/c1-2-12-17-16-10-8-15(9-11-16)13-14-6-4-3-5-7-14;1-2-7(9)8-3-5-10-6-4-8/h3-11H,2,12-13H2,1H3;2-6H2,1H3. The van der Waals surface area contributed by atoms with Crippen LogP contribution in [0.1, 0.15) is 37.8 Å². The third-order valence-electron chi connectivity index (χ3n) is 4.31. The van der Waals surface area contributed by atoms with Crippen molar-refractivity contribution in [1.82, 2.24) is 4.90 Å². The maximum absolute atomic E-state index is 11.0. The fraction of sp³-hybridized carbons (Fsp3) is 0.435. The fourth-order valence-corrected chi connectivity index (χ4v) is 2.79. The van der Waals surface area contributed by atoms with Gasteiger partial charge in [-0.1, -0.05) is 56.3 Å². The average Bonchev–Trinajstić information content (AvgIpc) is 2.74. The molecule has 1 saturated heterocycles. The van der Waals surface area contributed by atoms with Crippen molar-refractivity contribution in [3.05, 3.63) is 65.7 Å². The third kappa shape index (κ3) is 7.83. The second kappa shape index (κ2) is 12.1. The lowest BCUT2D eigenvalue weighted by Gasteiger charge is -2.26. The number of carbonyl (C=O) groups is 1. The van der Waals surface area contributed by atoms with Crippen LogP contribution >= 0.6 is 0 Å². The van der Waals surface area contributed by atoms with Crippen molar-refractivity contribution in [3.63, 3.8) is 0 Å². The van der Waals surface area contributed by atoms with Gasteiger partial charge >= 0.3 is 0 Å². The van der Waals surface area contributed by atoms with Crippen molar-refractivity contribution in [2.45, 2.75) is 33.1 Å². The topological polar surface area (TPSA) is 38.8 Å². The van der Waals surface area contributed by atoms with E-state index in [1.54, 1.807) is 0 Å². The Morgan fingerprint density at radius 3 is 2.19 bits per heavy atom. The molecule has 1 amide bonds. The summed E-state index contributed by atoms with van der Waals surface area (Å²) in [5.41, 5.74) is 2.66. The first kappa shape index (κ1) is 21.0. The summed E-state index contributed by atoms with van der Waals surface area (Å²) in [5.74, 6) is 1.20. The minimum atomic E-state index is 0.239. The second-order valence-electron chi connectivity index (χ2n) is 6.50. The molecule has 0 aromatic heterocycles. The van der Waals surface area contributed by atoms with Crippen LogP contribution in [0.4, 0.5) is 0 Å². The molecule has 2 aromatic rings. The largest absolute Gasteiger partial charge is 0.494 e. The number of amides is 1. The molecule has 0 unspecified atom stereocenters. The summed E-state index contributed by atoms with van der Waals surface area (Å²) in [4.78, 5) is 12.9. The SMILES string of the molecule is CCC(=O)N1CCOCC1.CCCOc1ccc(Cc2ccccc2)cc1. The second-order valence-corrected chi connectivity index (χ2v) is 6.50. The molecular formula is C23H31NO3. The van der Waals surface area contributed by atoms with E-state index < -0.39 is 0 Å². The number of nitrogens with zero attached hydrogens (tertiary/aromatic N) is 1. The Labute approximate surface area is 163 Å². The summed E-state index contributed by atoms with van der Waals surface area (Å²) >= 11 is 0. The van der Waals surface area contributed by atoms with Crippen molar-refractivity contribution in [3.8, 4) is 5.75 Å². The lowest BCUT2D eigenvalue weighted by atomic mass is 10.1. The fourth-order valence-electron chi connectivity index (χ4n) is 2.79. The molecule has 0 aliphatic carbocycles. The highest BCUT2D eigenvalue weighted by Crippen LogP contribution is 2.15. The number of benzene rings is 2. The van der Waals surface area contributed by atoms with E-state index >= 15 is 0 Å². The molecule has 4 heteroatoms. The summed E-state index contributed by atoms with van der Waals surface area (Å²) in [6.07, 6.45) is 2.64. The predicted molar refractivity (Wildman–Crippen MR) is 109 cm³/mol. The minimum absolute atomic E-state index is 0.239. The van der Waals surface area contributed by atoms with E-state index in [1.165, 1.54) is 11.1 Å². The van der Waals surface area contributed by atoms with Crippen LogP contribution in [0.25, 0.3) is 0 Å². The van der Waals surface area contributed by atoms with Crippen LogP contribution in [-0.2, 0) is 16.0 Å². The molecule has 0 radical (unpaired) electrons. The molecule has 0 bridgehead atoms. The van der Waals surface area contributed by atoms with Crippen molar-refractivity contribution in [2.75, 3.05) is 32.9 Å². The van der Waals surface area contributed by atoms with Crippen molar-refractivity contribution >= 4 is 5.91 Å². The van der Waals surface area contributed by atoms with E-state index in [9.17, 15) is 4.79 Å². The maximum atomic E-state index is 11.0. The minimum Gasteiger partial charge on any atom is -0.494 e. The molecule has 27 heavy (non-hydrogen) atoms. The Hall–Kier alpha value is -2.33. The molecule has 1 heterocycles. The summed E-state index contributed by atoms with van der Waals surface area (Å²) in [7, 11) is 0. The Morgan fingerprint density at radius 1 is 0.963 bits per heavy atom. The summed E-state index contributed by atoms with van der Waals surface area (Å²) in [6.45, 7) is 7.73. The van der Waals surface area contributed by atoms with Gasteiger partial charge in [-0.25, -0.2) is 0 Å². The summed E-state index contributed by atoms with van der Waals surface area (Å²) in [5, 5.41) is 0. The summed E-state index contributed by atoms with van der Waals surface area (Å²) < 4.78 is 10.7. The van der Waals surface area contributed by atoms with Gasteiger partial charge in [-0.3, -0.25) is 4.79 Å². The van der Waals surface area contributed by atoms with Crippen molar-refractivity contribution < 1.29 is 14.3 Å². The van der Waals surface area contributed by atoms with Gasteiger partial charge in [-0.2, -0.15) is 0 Å². The van der Waals surface area contributed by atoms with E-state index in [2.05, 4.69) is 43.3 Å². The van der Waals surface area contributed by atoms with Gasteiger partial charge in [0.25, 0.3) is 0 Å². The number of hydrogen-bond donors (Lipinski definition) is 0. The molecule has 4 nitrogen and oxygen atoms in total. The van der Waals surface area contributed by atoms with E-state index in [0.717, 1.165) is 38.3 Å². The van der Waals surface area contributed by atoms with E-state index in [-0.39, 0.29) is 5.91 Å². The molecule has 0 saturated carbocycles. The Kier molecular flexibility index (Phi) is 9.42. The quantitative estimate of drug-likeness (QED) is 0.761. The van der Waals surface area contributed by atoms with Gasteiger partial charge in [0.1, 0.15) is 5.75 Å². The zero-order valence-electron chi connectivity index (χ0n) is 16.5. The van der Waals surface area contributed by atoms with Gasteiger partial charge < -0.3 is 14.4 Å². The van der Waals surface area contributed by atoms with Crippen LogP contribution in [0.2, 0.25) is 0 Å². The summed E-state index contributed by atoms with van der Waals surface area (Å²) in [6, 6.07) is 18.9. The lowest BCUT2D eigenvalue weighted by Crippen LogP contribution is -2.40. The highest BCUT2D eigenvalue weighted by atomic mass is 16.5. The molecule has 3 rings (SSSR count). The van der Waals surface area contributed by atoms with E-state index in [4.69, 9.17) is 9.47 Å². The van der Waals surface area contributed by atoms with Crippen LogP contribution in [0.5, 0.6) is 5.75 Å². The van der Waals surface area contributed by atoms with E-state index in [1.807, 2.05) is 30.0 Å². The first-order chi connectivity index (χ1) is 13.2. The molecule has 146 valence electrons. The van der Waals surface area contributed by atoms with Gasteiger partial charge in [0.15, 0.2) is 0 Å². The zero-order valence-corrected chi connectivity index (χ0v) is 16.5. The maximum Gasteiger partial charge on any atom is 0.222 e. The highest BCUT2D eigenvalue weighted by Gasteiger charge is 2.13. The van der Waals surface area contributed by atoms with Crippen molar-refractivity contribution in [2.24, 2.45) is 0 Å². The first-order valence-corrected chi connectivity index (χ1v) is 9.84. The van der Waals surface area contributed by atoms with Crippen molar-refractivity contribution in [1.29, 1.82) is 0 Å². The molecule has 1 fully saturated rings. The third-order valence-corrected chi connectivity index (χ3v) is 4.31. The number of hydrogen-bond acceptors (Lipinski definition) is 3. The Morgan fingerprint density at radius 2 is 1.59 bits per heavy atom. The monoisotopic (exact) mass is 369 g/mol. The predicted octanol–water partition coefficient (Wildman–Crippen LogP) is 4.32. The number of morpholine rings is 1. The normalized spacial score (nSPS) is 13.5. The Balaban J connectivity index is 0.000000223. The number of rotatable bonds is 6. The smallest absolute Gasteiger partial charge is 0.222 e. The van der Waals surface area contributed by atoms with Crippen LogP contribution in [0, 0.1) is 0 Å². The molecule has 1 aliphatic rings. The van der Waals surface area contributed by atoms with Crippen LogP contribution in [-0.4, -0.2) is 43.7 Å². The van der Waals surface area contributed by atoms with Crippen LogP contribution < -0.4 is 4.74 Å². The van der Waals surface area contributed by atoms with Crippen LogP contribution in [0.3, 0.4) is 0 Å². The van der Waals surface area contributed by atoms with Crippen LogP contribution in [0.15, 0.2) is 54.6 Å². The van der Waals surface area contributed by atoms with Gasteiger partial charge in [0.05, 0.1) is 19.8 Å². The van der Waals surface area contributed by atoms with Gasteiger partial charge in [-0.15, -0.1) is 0 Å². The van der Waals surface area contributed by atoms with Gasteiger partial charge in [-0.05, 0) is 36.1 Å². The zero-order chi connectivity index (χ0) is 19.3. The first-order valence-electron chi connectivity index (χ1n) is 9.84.